The van der Waals surface area contributed by atoms with Gasteiger partial charge in [-0.25, -0.2) is 9.97 Å². The third-order valence-corrected chi connectivity index (χ3v) is 4.61. The monoisotopic (exact) mass is 346 g/mol. The van der Waals surface area contributed by atoms with Crippen molar-refractivity contribution < 1.29 is 13.2 Å². The van der Waals surface area contributed by atoms with E-state index in [1.807, 2.05) is 0 Å². The van der Waals surface area contributed by atoms with E-state index in [0.717, 1.165) is 43.2 Å². The quantitative estimate of drug-likeness (QED) is 0.735. The molecule has 0 atom stereocenters. The summed E-state index contributed by atoms with van der Waals surface area (Å²) in [5, 5.41) is 0.781. The number of nitrogens with zero attached hydrogens (tertiary/aromatic N) is 3. The normalized spacial score (nSPS) is 15.7. The number of aromatic amines is 1. The van der Waals surface area contributed by atoms with E-state index < -0.39 is 11.7 Å². The fraction of sp³-hybridized carbons (Fsp3) is 0.333. The third-order valence-electron chi connectivity index (χ3n) is 4.61. The number of fused-ring (bicyclic) bond motifs is 1. The molecule has 1 fully saturated rings. The van der Waals surface area contributed by atoms with E-state index in [1.54, 1.807) is 12.3 Å². The van der Waals surface area contributed by atoms with Crippen LogP contribution in [0.4, 0.5) is 19.0 Å². The number of piperidine rings is 1. The molecule has 130 valence electrons. The first kappa shape index (κ1) is 15.9. The lowest BCUT2D eigenvalue weighted by molar-refractivity contribution is -0.137. The Hall–Kier alpha value is -2.57. The van der Waals surface area contributed by atoms with Crippen molar-refractivity contribution in [3.05, 3.63) is 42.4 Å². The maximum atomic E-state index is 13.1. The Kier molecular flexibility index (Phi) is 3.86. The van der Waals surface area contributed by atoms with Crippen molar-refractivity contribution in [3.8, 4) is 11.1 Å². The van der Waals surface area contributed by atoms with Crippen LogP contribution in [0.15, 0.2) is 36.8 Å². The number of benzene rings is 1. The number of rotatable bonds is 2. The van der Waals surface area contributed by atoms with Gasteiger partial charge in [0.2, 0.25) is 0 Å². The standard InChI is InChI=1S/C18H17F3N4/c19-18(20,21)13-6-4-5-12(9-13)14-10-22-16-15(14)17(24-11-23-16)25-7-2-1-3-8-25/h4-6,9-11H,1-3,7-8H2,(H,22,23,24). The Morgan fingerprint density at radius 2 is 1.84 bits per heavy atom. The summed E-state index contributed by atoms with van der Waals surface area (Å²) in [7, 11) is 0. The molecule has 0 bridgehead atoms. The second kappa shape index (κ2) is 6.06. The molecule has 3 aromatic rings. The molecule has 25 heavy (non-hydrogen) atoms. The average Bonchev–Trinajstić information content (AvgIpc) is 3.06. The predicted octanol–water partition coefficient (Wildman–Crippen LogP) is 4.63. The first-order chi connectivity index (χ1) is 12.0. The predicted molar refractivity (Wildman–Crippen MR) is 90.4 cm³/mol. The van der Waals surface area contributed by atoms with Crippen molar-refractivity contribution >= 4 is 16.9 Å². The van der Waals surface area contributed by atoms with Gasteiger partial charge in [-0.15, -0.1) is 0 Å². The summed E-state index contributed by atoms with van der Waals surface area (Å²) in [4.78, 5) is 13.9. The maximum absolute atomic E-state index is 13.1. The minimum absolute atomic E-state index is 0.508. The van der Waals surface area contributed by atoms with Gasteiger partial charge < -0.3 is 9.88 Å². The van der Waals surface area contributed by atoms with Gasteiger partial charge in [-0.2, -0.15) is 13.2 Å². The van der Waals surface area contributed by atoms with Crippen molar-refractivity contribution in [2.45, 2.75) is 25.4 Å². The van der Waals surface area contributed by atoms with Crippen molar-refractivity contribution in [1.82, 2.24) is 15.0 Å². The molecular formula is C18H17F3N4. The molecule has 1 aromatic carbocycles. The van der Waals surface area contributed by atoms with Gasteiger partial charge in [-0.05, 0) is 37.0 Å². The van der Waals surface area contributed by atoms with Crippen LogP contribution in [-0.2, 0) is 6.18 Å². The van der Waals surface area contributed by atoms with Gasteiger partial charge in [-0.3, -0.25) is 0 Å². The number of hydrogen-bond donors (Lipinski definition) is 1. The van der Waals surface area contributed by atoms with Crippen molar-refractivity contribution in [1.29, 1.82) is 0 Å². The highest BCUT2D eigenvalue weighted by molar-refractivity contribution is 6.01. The molecule has 1 saturated heterocycles. The second-order valence-electron chi connectivity index (χ2n) is 6.25. The lowest BCUT2D eigenvalue weighted by atomic mass is 10.0. The van der Waals surface area contributed by atoms with E-state index in [0.29, 0.717) is 16.8 Å². The Bertz CT molecular complexity index is 895. The molecule has 1 aliphatic heterocycles. The molecule has 4 rings (SSSR count). The summed E-state index contributed by atoms with van der Waals surface area (Å²) in [5.41, 5.74) is 1.19. The third kappa shape index (κ3) is 2.94. The molecule has 3 heterocycles. The highest BCUT2D eigenvalue weighted by Crippen LogP contribution is 2.37. The number of hydrogen-bond acceptors (Lipinski definition) is 3. The first-order valence-corrected chi connectivity index (χ1v) is 8.29. The fourth-order valence-corrected chi connectivity index (χ4v) is 3.38. The molecular weight excluding hydrogens is 329 g/mol. The Morgan fingerprint density at radius 3 is 2.60 bits per heavy atom. The lowest BCUT2D eigenvalue weighted by Gasteiger charge is -2.28. The van der Waals surface area contributed by atoms with Gasteiger partial charge in [0.25, 0.3) is 0 Å². The van der Waals surface area contributed by atoms with E-state index in [2.05, 4.69) is 19.9 Å². The minimum atomic E-state index is -4.37. The number of aromatic nitrogens is 3. The molecule has 4 nitrogen and oxygen atoms in total. The van der Waals surface area contributed by atoms with Crippen LogP contribution in [0.25, 0.3) is 22.2 Å². The molecule has 0 radical (unpaired) electrons. The molecule has 1 aliphatic rings. The van der Waals surface area contributed by atoms with Crippen LogP contribution in [-0.4, -0.2) is 28.0 Å². The Balaban J connectivity index is 1.86. The molecule has 0 unspecified atom stereocenters. The van der Waals surface area contributed by atoms with Crippen LogP contribution in [0, 0.1) is 0 Å². The minimum Gasteiger partial charge on any atom is -0.356 e. The Labute approximate surface area is 142 Å². The van der Waals surface area contributed by atoms with Crippen molar-refractivity contribution in [2.24, 2.45) is 0 Å². The molecule has 0 spiro atoms. The fourth-order valence-electron chi connectivity index (χ4n) is 3.38. The van der Waals surface area contributed by atoms with Crippen LogP contribution in [0.2, 0.25) is 0 Å². The molecule has 1 N–H and O–H groups in total. The van der Waals surface area contributed by atoms with E-state index in [1.165, 1.54) is 24.9 Å². The summed E-state index contributed by atoms with van der Waals surface area (Å²) >= 11 is 0. The molecule has 2 aromatic heterocycles. The highest BCUT2D eigenvalue weighted by Gasteiger charge is 2.30. The SMILES string of the molecule is FC(F)(F)c1cccc(-c2c[nH]c3ncnc(N4CCCCC4)c23)c1. The van der Waals surface area contributed by atoms with E-state index in [9.17, 15) is 13.2 Å². The summed E-state index contributed by atoms with van der Waals surface area (Å²) in [6, 6.07) is 5.38. The average molecular weight is 346 g/mol. The number of halogens is 3. The zero-order valence-electron chi connectivity index (χ0n) is 13.5. The van der Waals surface area contributed by atoms with E-state index in [-0.39, 0.29) is 0 Å². The lowest BCUT2D eigenvalue weighted by Crippen LogP contribution is -2.30. The highest BCUT2D eigenvalue weighted by atomic mass is 19.4. The van der Waals surface area contributed by atoms with Gasteiger partial charge in [0.15, 0.2) is 0 Å². The molecule has 0 amide bonds. The smallest absolute Gasteiger partial charge is 0.356 e. The van der Waals surface area contributed by atoms with Crippen molar-refractivity contribution in [2.75, 3.05) is 18.0 Å². The van der Waals surface area contributed by atoms with Crippen LogP contribution in [0.1, 0.15) is 24.8 Å². The van der Waals surface area contributed by atoms with E-state index >= 15 is 0 Å². The topological polar surface area (TPSA) is 44.8 Å². The number of nitrogens with one attached hydrogen (secondary N) is 1. The van der Waals surface area contributed by atoms with Gasteiger partial charge in [0.05, 0.1) is 10.9 Å². The van der Waals surface area contributed by atoms with Crippen LogP contribution in [0.5, 0.6) is 0 Å². The summed E-state index contributed by atoms with van der Waals surface area (Å²) in [6.45, 7) is 1.80. The number of alkyl halides is 3. The molecule has 0 saturated carbocycles. The Morgan fingerprint density at radius 1 is 1.04 bits per heavy atom. The molecule has 7 heteroatoms. The summed E-state index contributed by atoms with van der Waals surface area (Å²) < 4.78 is 39.2. The van der Waals surface area contributed by atoms with Crippen LogP contribution in [0.3, 0.4) is 0 Å². The van der Waals surface area contributed by atoms with E-state index in [4.69, 9.17) is 0 Å². The maximum Gasteiger partial charge on any atom is 0.416 e. The first-order valence-electron chi connectivity index (χ1n) is 8.29. The zero-order valence-corrected chi connectivity index (χ0v) is 13.5. The zero-order chi connectivity index (χ0) is 17.4. The van der Waals surface area contributed by atoms with Crippen molar-refractivity contribution in [3.63, 3.8) is 0 Å². The van der Waals surface area contributed by atoms with Crippen LogP contribution < -0.4 is 4.90 Å². The summed E-state index contributed by atoms with van der Waals surface area (Å²) in [6.07, 6.45) is 2.22. The number of H-pyrrole nitrogens is 1. The van der Waals surface area contributed by atoms with Gasteiger partial charge in [-0.1, -0.05) is 12.1 Å². The largest absolute Gasteiger partial charge is 0.416 e. The van der Waals surface area contributed by atoms with Gasteiger partial charge in [0, 0.05) is 24.8 Å². The second-order valence-corrected chi connectivity index (χ2v) is 6.25. The number of anilines is 1. The van der Waals surface area contributed by atoms with Crippen LogP contribution >= 0.6 is 0 Å². The molecule has 0 aliphatic carbocycles. The van der Waals surface area contributed by atoms with Gasteiger partial charge >= 0.3 is 6.18 Å². The van der Waals surface area contributed by atoms with Gasteiger partial charge in [0.1, 0.15) is 17.8 Å². The summed E-state index contributed by atoms with van der Waals surface area (Å²) in [5.74, 6) is 0.790.